The summed E-state index contributed by atoms with van der Waals surface area (Å²) in [5.41, 5.74) is 0. The van der Waals surface area contributed by atoms with Crippen molar-refractivity contribution >= 4 is 8.53 Å². The van der Waals surface area contributed by atoms with Crippen molar-refractivity contribution in [2.45, 2.75) is 13.8 Å². The molecular weight excluding hydrogens is 163 g/mol. The summed E-state index contributed by atoms with van der Waals surface area (Å²) in [4.78, 5) is 0. The molecule has 0 rings (SSSR count). The van der Waals surface area contributed by atoms with Crippen LogP contribution in [0.2, 0.25) is 0 Å². The van der Waals surface area contributed by atoms with Crippen molar-refractivity contribution in [1.29, 1.82) is 0 Å². The van der Waals surface area contributed by atoms with Crippen molar-refractivity contribution in [2.24, 2.45) is 0 Å². The van der Waals surface area contributed by atoms with Crippen molar-refractivity contribution in [3.63, 3.8) is 0 Å². The smallest absolute Gasteiger partial charge is 0.270 e. The molecule has 5 heteroatoms. The molecule has 0 atom stereocenters. The van der Waals surface area contributed by atoms with E-state index in [1.165, 1.54) is 0 Å². The molecule has 0 amide bonds. The molecule has 11 heavy (non-hydrogen) atoms. The Balaban J connectivity index is 3.50. The Morgan fingerprint density at radius 2 is 1.64 bits per heavy atom. The molecule has 0 spiro atoms. The summed E-state index contributed by atoms with van der Waals surface area (Å²) in [5.74, 6) is 0. The summed E-state index contributed by atoms with van der Waals surface area (Å²) >= 11 is 0. The van der Waals surface area contributed by atoms with Gasteiger partial charge >= 0.3 is 0 Å². The van der Waals surface area contributed by atoms with Gasteiger partial charge in [-0.25, -0.2) is 5.01 Å². The fourth-order valence-corrected chi connectivity index (χ4v) is 1.48. The van der Waals surface area contributed by atoms with E-state index in [1.54, 1.807) is 0 Å². The molecule has 4 nitrogen and oxygen atoms in total. The quantitative estimate of drug-likeness (QED) is 0.494. The maximum Gasteiger partial charge on any atom is 0.270 e. The molecule has 0 fully saturated rings. The molecule has 0 heterocycles. The molecule has 0 saturated carbocycles. The highest BCUT2D eigenvalue weighted by Gasteiger charge is 2.08. The summed E-state index contributed by atoms with van der Waals surface area (Å²) in [7, 11) is 2.90. The predicted octanol–water partition coefficient (Wildman–Crippen LogP) is 1.35. The van der Waals surface area contributed by atoms with E-state index in [1.807, 2.05) is 33.0 Å². The van der Waals surface area contributed by atoms with Gasteiger partial charge in [0.25, 0.3) is 8.53 Å². The highest BCUT2D eigenvalue weighted by molar-refractivity contribution is 7.44. The second-order valence-electron chi connectivity index (χ2n) is 2.09. The van der Waals surface area contributed by atoms with Crippen LogP contribution in [0.15, 0.2) is 0 Å². The van der Waals surface area contributed by atoms with Gasteiger partial charge in [0.15, 0.2) is 0 Å². The van der Waals surface area contributed by atoms with Crippen LogP contribution in [-0.4, -0.2) is 32.3 Å². The topological polar surface area (TPSA) is 33.7 Å². The van der Waals surface area contributed by atoms with Gasteiger partial charge in [0, 0.05) is 14.1 Å². The van der Waals surface area contributed by atoms with Crippen LogP contribution in [0, 0.1) is 0 Å². The third-order valence-electron chi connectivity index (χ3n) is 0.774. The predicted molar refractivity (Wildman–Crippen MR) is 47.0 cm³/mol. The van der Waals surface area contributed by atoms with Crippen LogP contribution in [0.1, 0.15) is 13.8 Å². The zero-order chi connectivity index (χ0) is 8.69. The van der Waals surface area contributed by atoms with Gasteiger partial charge in [-0.1, -0.05) is 0 Å². The van der Waals surface area contributed by atoms with Gasteiger partial charge in [-0.3, -0.25) is 0 Å². The van der Waals surface area contributed by atoms with Crippen LogP contribution < -0.4 is 5.20 Å². The number of rotatable bonds is 6. The average Bonchev–Trinajstić information content (AvgIpc) is 1.87. The molecule has 68 valence electrons. The minimum atomic E-state index is -0.924. The second kappa shape index (κ2) is 6.95. The monoisotopic (exact) mass is 180 g/mol. The van der Waals surface area contributed by atoms with Crippen molar-refractivity contribution in [3.8, 4) is 0 Å². The van der Waals surface area contributed by atoms with Crippen molar-refractivity contribution in [3.05, 3.63) is 0 Å². The van der Waals surface area contributed by atoms with E-state index in [2.05, 4.69) is 5.20 Å². The lowest BCUT2D eigenvalue weighted by atomic mass is 10.9. The molecule has 0 aromatic rings. The lowest BCUT2D eigenvalue weighted by molar-refractivity contribution is 0.230. The molecule has 0 aromatic heterocycles. The standard InChI is InChI=1S/C6H17N2O2P/c1-5-9-11(10-6-2)7-8(3)4/h7H,5-6H2,1-4H3. The number of hydrazine groups is 1. The van der Waals surface area contributed by atoms with Gasteiger partial charge in [0.1, 0.15) is 0 Å². The minimum Gasteiger partial charge on any atom is -0.322 e. The van der Waals surface area contributed by atoms with E-state index in [0.717, 1.165) is 0 Å². The SMILES string of the molecule is CCOP(NN(C)C)OCC. The maximum atomic E-state index is 5.28. The molecular formula is C6H17N2O2P. The van der Waals surface area contributed by atoms with Crippen molar-refractivity contribution in [2.75, 3.05) is 27.3 Å². The van der Waals surface area contributed by atoms with Gasteiger partial charge in [-0.2, -0.15) is 5.20 Å². The summed E-state index contributed by atoms with van der Waals surface area (Å²) in [6, 6.07) is 0. The fraction of sp³-hybridized carbons (Fsp3) is 1.00. The number of nitrogens with zero attached hydrogens (tertiary/aromatic N) is 1. The van der Waals surface area contributed by atoms with E-state index in [9.17, 15) is 0 Å². The van der Waals surface area contributed by atoms with Gasteiger partial charge in [-0.15, -0.1) is 0 Å². The van der Waals surface area contributed by atoms with Crippen molar-refractivity contribution in [1.82, 2.24) is 10.2 Å². The Morgan fingerprint density at radius 3 is 1.91 bits per heavy atom. The normalized spacial score (nSPS) is 11.5. The first-order valence-electron chi connectivity index (χ1n) is 3.70. The molecule has 0 unspecified atom stereocenters. The van der Waals surface area contributed by atoms with Crippen LogP contribution in [0.4, 0.5) is 0 Å². The summed E-state index contributed by atoms with van der Waals surface area (Å²) < 4.78 is 10.6. The molecule has 0 saturated heterocycles. The number of hydrogen-bond acceptors (Lipinski definition) is 4. The van der Waals surface area contributed by atoms with Crippen LogP contribution in [0.25, 0.3) is 0 Å². The Hall–Kier alpha value is 0.270. The van der Waals surface area contributed by atoms with Crippen molar-refractivity contribution < 1.29 is 9.05 Å². The number of hydrogen-bond donors (Lipinski definition) is 1. The zero-order valence-electron chi connectivity index (χ0n) is 7.63. The fourth-order valence-electron chi connectivity index (χ4n) is 0.493. The minimum absolute atomic E-state index is 0.673. The Labute approximate surface area is 69.8 Å². The zero-order valence-corrected chi connectivity index (χ0v) is 8.52. The lowest BCUT2D eigenvalue weighted by Gasteiger charge is -2.20. The summed E-state index contributed by atoms with van der Waals surface area (Å²) in [5, 5.41) is 4.87. The Kier molecular flexibility index (Phi) is 7.12. The first-order valence-corrected chi connectivity index (χ1v) is 4.88. The molecule has 0 radical (unpaired) electrons. The highest BCUT2D eigenvalue weighted by Crippen LogP contribution is 2.32. The van der Waals surface area contributed by atoms with E-state index >= 15 is 0 Å². The molecule has 0 aliphatic heterocycles. The molecule has 0 aliphatic carbocycles. The van der Waals surface area contributed by atoms with Gasteiger partial charge in [0.05, 0.1) is 13.2 Å². The third-order valence-corrected chi connectivity index (χ3v) is 2.32. The Morgan fingerprint density at radius 1 is 1.18 bits per heavy atom. The number of nitrogens with one attached hydrogen (secondary N) is 1. The van der Waals surface area contributed by atoms with Crippen LogP contribution >= 0.6 is 8.53 Å². The van der Waals surface area contributed by atoms with Crippen LogP contribution in [0.5, 0.6) is 0 Å². The second-order valence-corrected chi connectivity index (χ2v) is 3.32. The van der Waals surface area contributed by atoms with E-state index in [-0.39, 0.29) is 0 Å². The third kappa shape index (κ3) is 6.66. The van der Waals surface area contributed by atoms with Crippen LogP contribution in [0.3, 0.4) is 0 Å². The molecule has 0 aromatic carbocycles. The van der Waals surface area contributed by atoms with E-state index in [4.69, 9.17) is 9.05 Å². The first kappa shape index (κ1) is 11.3. The largest absolute Gasteiger partial charge is 0.322 e. The lowest BCUT2D eigenvalue weighted by Crippen LogP contribution is -2.27. The van der Waals surface area contributed by atoms with Gasteiger partial charge < -0.3 is 9.05 Å². The van der Waals surface area contributed by atoms with E-state index in [0.29, 0.717) is 13.2 Å². The van der Waals surface area contributed by atoms with Crippen LogP contribution in [-0.2, 0) is 9.05 Å². The maximum absolute atomic E-state index is 5.28. The molecule has 0 bridgehead atoms. The van der Waals surface area contributed by atoms with Gasteiger partial charge in [0.2, 0.25) is 0 Å². The Bertz CT molecular complexity index is 86.7. The molecule has 0 aliphatic rings. The summed E-state index contributed by atoms with van der Waals surface area (Å²) in [6.07, 6.45) is 0. The van der Waals surface area contributed by atoms with Gasteiger partial charge in [-0.05, 0) is 13.8 Å². The average molecular weight is 180 g/mol. The van der Waals surface area contributed by atoms with E-state index < -0.39 is 8.53 Å². The molecule has 1 N–H and O–H groups in total. The summed E-state index contributed by atoms with van der Waals surface area (Å²) in [6.45, 7) is 5.25. The highest BCUT2D eigenvalue weighted by atomic mass is 31.2. The first-order chi connectivity index (χ1) is 5.20.